The molecule has 1 atom stereocenters. The van der Waals surface area contributed by atoms with Crippen LogP contribution >= 0.6 is 11.8 Å². The van der Waals surface area contributed by atoms with E-state index in [0.29, 0.717) is 24.7 Å². The fourth-order valence-electron chi connectivity index (χ4n) is 2.41. The van der Waals surface area contributed by atoms with Crippen molar-refractivity contribution in [2.45, 2.75) is 44.1 Å². The van der Waals surface area contributed by atoms with Gasteiger partial charge in [0, 0.05) is 25.9 Å². The number of nitrogens with one attached hydrogen (secondary N) is 2. The average molecular weight is 364 g/mol. The Kier molecular flexibility index (Phi) is 6.83. The second-order valence-corrected chi connectivity index (χ2v) is 7.13. The number of nitrogens with zero attached hydrogens (tertiary/aromatic N) is 2. The summed E-state index contributed by atoms with van der Waals surface area (Å²) < 4.78 is 6.55. The Morgan fingerprint density at radius 1 is 1.40 bits per heavy atom. The molecular weight excluding hydrogens is 340 g/mol. The van der Waals surface area contributed by atoms with E-state index in [9.17, 15) is 9.59 Å². The van der Waals surface area contributed by atoms with E-state index in [1.807, 2.05) is 32.0 Å². The molecule has 0 unspecified atom stereocenters. The Bertz CT molecular complexity index is 764. The van der Waals surface area contributed by atoms with E-state index in [0.717, 1.165) is 16.8 Å². The van der Waals surface area contributed by atoms with Gasteiger partial charge in [-0.25, -0.2) is 9.89 Å². The Hall–Kier alpha value is -2.06. The van der Waals surface area contributed by atoms with Gasteiger partial charge >= 0.3 is 5.69 Å². The topological polar surface area (TPSA) is 89.0 Å². The first kappa shape index (κ1) is 19.3. The van der Waals surface area contributed by atoms with E-state index >= 15 is 0 Å². The summed E-state index contributed by atoms with van der Waals surface area (Å²) >= 11 is 1.26. The van der Waals surface area contributed by atoms with Crippen molar-refractivity contribution in [1.29, 1.82) is 0 Å². The van der Waals surface area contributed by atoms with Gasteiger partial charge in [-0.3, -0.25) is 9.36 Å². The molecule has 2 N–H and O–H groups in total. The average Bonchev–Trinajstić information content (AvgIpc) is 2.91. The third-order valence-electron chi connectivity index (χ3n) is 3.83. The number of rotatable bonds is 8. The van der Waals surface area contributed by atoms with Crippen LogP contribution < -0.4 is 11.0 Å². The van der Waals surface area contributed by atoms with Crippen molar-refractivity contribution in [3.8, 4) is 0 Å². The van der Waals surface area contributed by atoms with Gasteiger partial charge in [0.15, 0.2) is 5.16 Å². The van der Waals surface area contributed by atoms with Gasteiger partial charge in [0.1, 0.15) is 0 Å². The number of amides is 1. The number of carbonyl (C=O) groups excluding carboxylic acids is 1. The van der Waals surface area contributed by atoms with Gasteiger partial charge in [-0.05, 0) is 38.3 Å². The number of benzene rings is 1. The van der Waals surface area contributed by atoms with Crippen molar-refractivity contribution in [2.75, 3.05) is 19.0 Å². The van der Waals surface area contributed by atoms with Crippen molar-refractivity contribution in [3.63, 3.8) is 0 Å². The van der Waals surface area contributed by atoms with Gasteiger partial charge < -0.3 is 10.1 Å². The van der Waals surface area contributed by atoms with Crippen molar-refractivity contribution in [1.82, 2.24) is 14.8 Å². The number of carbonyl (C=O) groups is 1. The summed E-state index contributed by atoms with van der Waals surface area (Å²) in [6, 6.07) is 5.88. The fourth-order valence-corrected chi connectivity index (χ4v) is 3.29. The molecule has 0 aliphatic rings. The Balaban J connectivity index is 2.05. The van der Waals surface area contributed by atoms with Gasteiger partial charge in [0.2, 0.25) is 5.91 Å². The number of aromatic amines is 1. The Labute approximate surface area is 151 Å². The molecule has 0 aliphatic carbocycles. The molecule has 0 bridgehead atoms. The lowest BCUT2D eigenvalue weighted by Crippen LogP contribution is -2.25. The fraction of sp³-hybridized carbons (Fsp3) is 0.471. The number of anilines is 1. The molecule has 0 spiro atoms. The van der Waals surface area contributed by atoms with Crippen molar-refractivity contribution < 1.29 is 9.53 Å². The van der Waals surface area contributed by atoms with Crippen LogP contribution in [0.3, 0.4) is 0 Å². The molecule has 8 heteroatoms. The first-order valence-electron chi connectivity index (χ1n) is 8.12. The summed E-state index contributed by atoms with van der Waals surface area (Å²) in [5, 5.41) is 9.55. The van der Waals surface area contributed by atoms with E-state index in [1.165, 1.54) is 16.3 Å². The lowest BCUT2D eigenvalue weighted by molar-refractivity contribution is -0.115. The van der Waals surface area contributed by atoms with Crippen molar-refractivity contribution in [2.24, 2.45) is 0 Å². The smallest absolute Gasteiger partial charge is 0.343 e. The minimum Gasteiger partial charge on any atom is -0.385 e. The Morgan fingerprint density at radius 2 is 2.08 bits per heavy atom. The predicted molar refractivity (Wildman–Crippen MR) is 99.2 cm³/mol. The molecule has 2 rings (SSSR count). The standard InChI is InChI=1S/C17H24N4O3S/c1-11-7-5-8-12(2)14(11)18-15(22)13(3)25-17-20-19-16(23)21(17)9-6-10-24-4/h5,7-8,13H,6,9-10H2,1-4H3,(H,18,22)(H,19,23)/t13-/m1/s1. The van der Waals surface area contributed by atoms with Crippen LogP contribution in [0.4, 0.5) is 5.69 Å². The molecular formula is C17H24N4O3S. The highest BCUT2D eigenvalue weighted by molar-refractivity contribution is 8.00. The first-order valence-corrected chi connectivity index (χ1v) is 9.00. The van der Waals surface area contributed by atoms with Crippen LogP contribution in [0, 0.1) is 13.8 Å². The number of hydrogen-bond acceptors (Lipinski definition) is 5. The second-order valence-electron chi connectivity index (χ2n) is 5.83. The summed E-state index contributed by atoms with van der Waals surface area (Å²) in [6.45, 7) is 6.77. The number of aromatic nitrogens is 3. The molecule has 1 aromatic carbocycles. The lowest BCUT2D eigenvalue weighted by atomic mass is 10.1. The summed E-state index contributed by atoms with van der Waals surface area (Å²) in [7, 11) is 1.62. The highest BCUT2D eigenvalue weighted by Crippen LogP contribution is 2.24. The third-order valence-corrected chi connectivity index (χ3v) is 4.92. The maximum absolute atomic E-state index is 12.5. The van der Waals surface area contributed by atoms with Crippen LogP contribution in [0.15, 0.2) is 28.2 Å². The number of thioether (sulfide) groups is 1. The Morgan fingerprint density at radius 3 is 2.72 bits per heavy atom. The molecule has 0 fully saturated rings. The van der Waals surface area contributed by atoms with Crippen LogP contribution in [-0.4, -0.2) is 39.6 Å². The monoisotopic (exact) mass is 364 g/mol. The first-order chi connectivity index (χ1) is 11.9. The largest absolute Gasteiger partial charge is 0.385 e. The maximum atomic E-state index is 12.5. The lowest BCUT2D eigenvalue weighted by Gasteiger charge is -2.15. The van der Waals surface area contributed by atoms with E-state index in [-0.39, 0.29) is 11.6 Å². The molecule has 25 heavy (non-hydrogen) atoms. The zero-order valence-electron chi connectivity index (χ0n) is 15.0. The molecule has 1 amide bonds. The minimum absolute atomic E-state index is 0.124. The molecule has 1 heterocycles. The summed E-state index contributed by atoms with van der Waals surface area (Å²) in [5.74, 6) is -0.124. The van der Waals surface area contributed by atoms with E-state index in [1.54, 1.807) is 14.0 Å². The SMILES string of the molecule is COCCCn1c(S[C@H](C)C(=O)Nc2c(C)cccc2C)n[nH]c1=O. The van der Waals surface area contributed by atoms with Gasteiger partial charge in [-0.15, -0.1) is 5.10 Å². The molecule has 7 nitrogen and oxygen atoms in total. The number of H-pyrrole nitrogens is 1. The van der Waals surface area contributed by atoms with Crippen molar-refractivity contribution >= 4 is 23.4 Å². The van der Waals surface area contributed by atoms with E-state index < -0.39 is 5.25 Å². The quantitative estimate of drug-likeness (QED) is 0.554. The summed E-state index contributed by atoms with van der Waals surface area (Å²) in [5.41, 5.74) is 2.59. The maximum Gasteiger partial charge on any atom is 0.343 e. The normalized spacial score (nSPS) is 12.2. The van der Waals surface area contributed by atoms with Gasteiger partial charge in [0.25, 0.3) is 0 Å². The van der Waals surface area contributed by atoms with Crippen LogP contribution in [0.1, 0.15) is 24.5 Å². The number of para-hydroxylation sites is 1. The van der Waals surface area contributed by atoms with E-state index in [2.05, 4.69) is 15.5 Å². The molecule has 0 radical (unpaired) electrons. The van der Waals surface area contributed by atoms with Crippen molar-refractivity contribution in [3.05, 3.63) is 39.8 Å². The molecule has 2 aromatic rings. The van der Waals surface area contributed by atoms with Crippen LogP contribution in [0.25, 0.3) is 0 Å². The number of methoxy groups -OCH3 is 1. The molecule has 0 saturated heterocycles. The summed E-state index contributed by atoms with van der Waals surface area (Å²) in [6.07, 6.45) is 0.701. The predicted octanol–water partition coefficient (Wildman–Crippen LogP) is 2.34. The third kappa shape index (κ3) is 4.96. The number of aryl methyl sites for hydroxylation is 2. The molecule has 0 aliphatic heterocycles. The van der Waals surface area contributed by atoms with Gasteiger partial charge in [0.05, 0.1) is 5.25 Å². The van der Waals surface area contributed by atoms with Gasteiger partial charge in [-0.2, -0.15) is 0 Å². The minimum atomic E-state index is -0.393. The zero-order chi connectivity index (χ0) is 18.4. The highest BCUT2D eigenvalue weighted by atomic mass is 32.2. The zero-order valence-corrected chi connectivity index (χ0v) is 15.8. The van der Waals surface area contributed by atoms with E-state index in [4.69, 9.17) is 4.74 Å². The van der Waals surface area contributed by atoms with Gasteiger partial charge in [-0.1, -0.05) is 30.0 Å². The number of ether oxygens (including phenoxy) is 1. The van der Waals surface area contributed by atoms with Crippen LogP contribution in [0.5, 0.6) is 0 Å². The second kappa shape index (κ2) is 8.87. The number of hydrogen-bond donors (Lipinski definition) is 2. The highest BCUT2D eigenvalue weighted by Gasteiger charge is 2.20. The summed E-state index contributed by atoms with van der Waals surface area (Å²) in [4.78, 5) is 24.4. The molecule has 136 valence electrons. The van der Waals surface area contributed by atoms with Crippen LogP contribution in [0.2, 0.25) is 0 Å². The van der Waals surface area contributed by atoms with Crippen LogP contribution in [-0.2, 0) is 16.1 Å². The molecule has 1 aromatic heterocycles. The molecule has 0 saturated carbocycles.